The van der Waals surface area contributed by atoms with Gasteiger partial charge in [0.05, 0.1) is 6.04 Å². The monoisotopic (exact) mass is 155 g/mol. The lowest BCUT2D eigenvalue weighted by atomic mass is 10.2. The van der Waals surface area contributed by atoms with Crippen molar-refractivity contribution >= 4 is 12.4 Å². The third-order valence-corrected chi connectivity index (χ3v) is 2.52. The van der Waals surface area contributed by atoms with Crippen molar-refractivity contribution in [1.29, 1.82) is 0 Å². The lowest BCUT2D eigenvalue weighted by molar-refractivity contribution is -0.111. The minimum Gasteiger partial charge on any atom is -0.465 e. The van der Waals surface area contributed by atoms with Crippen LogP contribution in [0.2, 0.25) is 0 Å². The molecule has 0 radical (unpaired) electrons. The molecule has 60 valence electrons. The van der Waals surface area contributed by atoms with Crippen molar-refractivity contribution in [3.63, 3.8) is 0 Å². The zero-order chi connectivity index (χ0) is 8.01. The van der Waals surface area contributed by atoms with E-state index >= 15 is 0 Å². The van der Waals surface area contributed by atoms with Gasteiger partial charge in [-0.15, -0.1) is 0 Å². The first kappa shape index (κ1) is 6.64. The summed E-state index contributed by atoms with van der Waals surface area (Å²) in [5.41, 5.74) is 0. The fourth-order valence-corrected chi connectivity index (χ4v) is 1.90. The van der Waals surface area contributed by atoms with Gasteiger partial charge in [-0.2, -0.15) is 0 Å². The number of hydrogen-bond donors (Lipinski definition) is 1. The normalized spacial score (nSPS) is 40.0. The number of hydrogen-bond acceptors (Lipinski definition) is 2. The van der Waals surface area contributed by atoms with Crippen molar-refractivity contribution in [2.45, 2.75) is 24.9 Å². The maximum absolute atomic E-state index is 10.6. The van der Waals surface area contributed by atoms with Crippen LogP contribution in [0.3, 0.4) is 0 Å². The van der Waals surface area contributed by atoms with Crippen molar-refractivity contribution in [3.8, 4) is 0 Å². The van der Waals surface area contributed by atoms with E-state index in [9.17, 15) is 9.59 Å². The van der Waals surface area contributed by atoms with Crippen LogP contribution in [0.25, 0.3) is 0 Å². The molecule has 4 heteroatoms. The molecule has 1 saturated carbocycles. The molecule has 2 rings (SSSR count). The van der Waals surface area contributed by atoms with E-state index in [2.05, 4.69) is 0 Å². The molecule has 3 unspecified atom stereocenters. The van der Waals surface area contributed by atoms with Crippen molar-refractivity contribution in [3.05, 3.63) is 0 Å². The number of amides is 1. The van der Waals surface area contributed by atoms with Gasteiger partial charge < -0.3 is 9.90 Å². The van der Waals surface area contributed by atoms with E-state index < -0.39 is 6.09 Å². The zero-order valence-electron chi connectivity index (χ0n) is 5.93. The number of piperidine rings is 1. The van der Waals surface area contributed by atoms with E-state index in [0.717, 1.165) is 19.1 Å². The smallest absolute Gasteiger partial charge is 0.408 e. The second-order valence-corrected chi connectivity index (χ2v) is 3.19. The van der Waals surface area contributed by atoms with Crippen LogP contribution >= 0.6 is 0 Å². The van der Waals surface area contributed by atoms with Gasteiger partial charge in [0.2, 0.25) is 0 Å². The Labute approximate surface area is 63.8 Å². The first-order valence-electron chi connectivity index (χ1n) is 3.70. The molecule has 1 aliphatic carbocycles. The quantitative estimate of drug-likeness (QED) is 0.555. The summed E-state index contributed by atoms with van der Waals surface area (Å²) in [5, 5.41) is 8.68. The first-order chi connectivity index (χ1) is 5.24. The molecule has 1 saturated heterocycles. The summed E-state index contributed by atoms with van der Waals surface area (Å²) in [6, 6.07) is -0.209. The predicted octanol–water partition coefficient (Wildman–Crippen LogP) is 0.326. The number of carboxylic acid groups (broad SMARTS) is 1. The van der Waals surface area contributed by atoms with Crippen LogP contribution in [0.15, 0.2) is 0 Å². The Kier molecular flexibility index (Phi) is 1.19. The lowest BCUT2D eigenvalue weighted by Gasteiger charge is -2.18. The average Bonchev–Trinajstić information content (AvgIpc) is 2.61. The maximum Gasteiger partial charge on any atom is 0.408 e. The molecule has 0 spiro atoms. The van der Waals surface area contributed by atoms with E-state index in [0.29, 0.717) is 5.92 Å². The van der Waals surface area contributed by atoms with Gasteiger partial charge in [0.25, 0.3) is 0 Å². The van der Waals surface area contributed by atoms with Crippen LogP contribution in [0.1, 0.15) is 12.8 Å². The van der Waals surface area contributed by atoms with E-state index in [-0.39, 0.29) is 12.1 Å². The van der Waals surface area contributed by atoms with Gasteiger partial charge in [-0.3, -0.25) is 4.90 Å². The Bertz CT molecular complexity index is 216. The number of aldehydes is 1. The summed E-state index contributed by atoms with van der Waals surface area (Å²) in [6.45, 7) is 0. The van der Waals surface area contributed by atoms with Gasteiger partial charge in [-0.1, -0.05) is 0 Å². The number of carbonyl (C=O) groups is 2. The SMILES string of the molecule is O=CC1CC2CC2N1C(=O)O. The minimum absolute atomic E-state index is 0.155. The van der Waals surface area contributed by atoms with Gasteiger partial charge in [-0.05, 0) is 18.8 Å². The van der Waals surface area contributed by atoms with Crippen LogP contribution in [0.5, 0.6) is 0 Å². The highest BCUT2D eigenvalue weighted by molar-refractivity contribution is 5.74. The Morgan fingerprint density at radius 2 is 2.27 bits per heavy atom. The molecule has 1 heterocycles. The molecule has 11 heavy (non-hydrogen) atoms. The van der Waals surface area contributed by atoms with E-state index in [4.69, 9.17) is 5.11 Å². The summed E-state index contributed by atoms with van der Waals surface area (Å²) in [6.07, 6.45) is 1.48. The largest absolute Gasteiger partial charge is 0.465 e. The summed E-state index contributed by atoms with van der Waals surface area (Å²) >= 11 is 0. The molecule has 0 aromatic carbocycles. The van der Waals surface area contributed by atoms with Gasteiger partial charge in [-0.25, -0.2) is 4.79 Å². The molecule has 2 aliphatic rings. The van der Waals surface area contributed by atoms with Gasteiger partial charge >= 0.3 is 6.09 Å². The predicted molar refractivity (Wildman–Crippen MR) is 36.2 cm³/mol. The summed E-state index contributed by atoms with van der Waals surface area (Å²) < 4.78 is 0. The molecule has 4 nitrogen and oxygen atoms in total. The Hall–Kier alpha value is -1.06. The molecular formula is C7H9NO3. The second kappa shape index (κ2) is 1.96. The number of rotatable bonds is 1. The average molecular weight is 155 g/mol. The minimum atomic E-state index is -0.952. The molecule has 0 aromatic rings. The summed E-state index contributed by atoms with van der Waals surface area (Å²) in [4.78, 5) is 22.2. The molecular weight excluding hydrogens is 146 g/mol. The van der Waals surface area contributed by atoms with Crippen LogP contribution < -0.4 is 0 Å². The molecule has 2 fully saturated rings. The topological polar surface area (TPSA) is 57.6 Å². The highest BCUT2D eigenvalue weighted by Crippen LogP contribution is 2.47. The van der Waals surface area contributed by atoms with E-state index in [1.807, 2.05) is 0 Å². The number of nitrogens with zero attached hydrogens (tertiary/aromatic N) is 1. The zero-order valence-corrected chi connectivity index (χ0v) is 5.93. The van der Waals surface area contributed by atoms with Gasteiger partial charge in [0.15, 0.2) is 0 Å². The molecule has 0 aromatic heterocycles. The maximum atomic E-state index is 10.6. The lowest BCUT2D eigenvalue weighted by Crippen LogP contribution is -2.38. The van der Waals surface area contributed by atoms with Crippen LogP contribution in [-0.2, 0) is 4.79 Å². The van der Waals surface area contributed by atoms with Crippen molar-refractivity contribution in [2.75, 3.05) is 0 Å². The number of carbonyl (C=O) groups excluding carboxylic acids is 1. The highest BCUT2D eigenvalue weighted by atomic mass is 16.4. The Morgan fingerprint density at radius 3 is 2.73 bits per heavy atom. The second-order valence-electron chi connectivity index (χ2n) is 3.19. The molecule has 0 bridgehead atoms. The third kappa shape index (κ3) is 0.818. The fourth-order valence-electron chi connectivity index (χ4n) is 1.90. The van der Waals surface area contributed by atoms with Gasteiger partial charge in [0.1, 0.15) is 6.29 Å². The Balaban J connectivity index is 2.14. The first-order valence-corrected chi connectivity index (χ1v) is 3.70. The molecule has 1 N–H and O–H groups in total. The van der Waals surface area contributed by atoms with Crippen molar-refractivity contribution in [2.24, 2.45) is 5.92 Å². The Morgan fingerprint density at radius 1 is 1.55 bits per heavy atom. The van der Waals surface area contributed by atoms with E-state index in [1.54, 1.807) is 0 Å². The molecule has 1 amide bonds. The van der Waals surface area contributed by atoms with Crippen molar-refractivity contribution in [1.82, 2.24) is 4.90 Å². The third-order valence-electron chi connectivity index (χ3n) is 2.52. The van der Waals surface area contributed by atoms with Crippen molar-refractivity contribution < 1.29 is 14.7 Å². The summed E-state index contributed by atoms with van der Waals surface area (Å²) in [7, 11) is 0. The molecule has 3 atom stereocenters. The standard InChI is InChI=1S/C7H9NO3/c9-3-5-1-4-2-6(4)8(5)7(10)11/h3-6H,1-2H2,(H,10,11). The summed E-state index contributed by atoms with van der Waals surface area (Å²) in [5.74, 6) is 0.473. The highest BCUT2D eigenvalue weighted by Gasteiger charge is 2.54. The van der Waals surface area contributed by atoms with Crippen LogP contribution in [0, 0.1) is 5.92 Å². The van der Waals surface area contributed by atoms with Gasteiger partial charge in [0, 0.05) is 6.04 Å². The fraction of sp³-hybridized carbons (Fsp3) is 0.714. The van der Waals surface area contributed by atoms with Crippen LogP contribution in [0.4, 0.5) is 4.79 Å². The molecule has 1 aliphatic heterocycles. The number of fused-ring (bicyclic) bond motifs is 1. The van der Waals surface area contributed by atoms with Crippen LogP contribution in [-0.4, -0.2) is 34.5 Å². The number of likely N-dealkylation sites (tertiary alicyclic amines) is 1. The van der Waals surface area contributed by atoms with E-state index in [1.165, 1.54) is 4.90 Å².